The Morgan fingerprint density at radius 2 is 1.15 bits per heavy atom. The van der Waals surface area contributed by atoms with Crippen LogP contribution in [-0.2, 0) is 0 Å². The van der Waals surface area contributed by atoms with Crippen LogP contribution in [0, 0.1) is 5.92 Å². The van der Waals surface area contributed by atoms with Crippen molar-refractivity contribution in [1.29, 1.82) is 0 Å². The van der Waals surface area contributed by atoms with Crippen LogP contribution < -0.4 is 5.32 Å². The molecule has 0 saturated heterocycles. The summed E-state index contributed by atoms with van der Waals surface area (Å²) in [5, 5.41) is 3.52. The third kappa shape index (κ3) is 11.8. The first kappa shape index (κ1) is 20.0. The third-order valence-corrected chi connectivity index (χ3v) is 4.67. The first-order chi connectivity index (χ1) is 9.76. The predicted molar refractivity (Wildman–Crippen MR) is 93.4 cm³/mol. The number of rotatable bonds is 15. The molecule has 0 aliphatic carbocycles. The molecule has 0 aliphatic heterocycles. The molecule has 1 nitrogen and oxygen atoms in total. The zero-order valence-corrected chi connectivity index (χ0v) is 14.8. The third-order valence-electron chi connectivity index (χ3n) is 4.67. The van der Waals surface area contributed by atoms with Crippen molar-refractivity contribution in [1.82, 2.24) is 5.32 Å². The maximum absolute atomic E-state index is 3.52. The second-order valence-corrected chi connectivity index (χ2v) is 6.63. The van der Waals surface area contributed by atoms with Crippen LogP contribution >= 0.6 is 0 Å². The van der Waals surface area contributed by atoms with Crippen molar-refractivity contribution in [2.75, 3.05) is 7.05 Å². The average Bonchev–Trinajstić information content (AvgIpc) is 2.45. The molecule has 1 heteroatoms. The van der Waals surface area contributed by atoms with Crippen molar-refractivity contribution >= 4 is 0 Å². The summed E-state index contributed by atoms with van der Waals surface area (Å²) in [6.07, 6.45) is 18.5. The highest BCUT2D eigenvalue weighted by Crippen LogP contribution is 2.17. The molecule has 122 valence electrons. The highest BCUT2D eigenvalue weighted by atomic mass is 14.9. The van der Waals surface area contributed by atoms with Crippen LogP contribution in [0.15, 0.2) is 0 Å². The molecular weight excluding hydrogens is 242 g/mol. The molecule has 0 aromatic rings. The Hall–Kier alpha value is -0.0400. The lowest BCUT2D eigenvalue weighted by molar-refractivity contribution is 0.344. The van der Waals surface area contributed by atoms with Gasteiger partial charge in [0, 0.05) is 6.04 Å². The molecule has 0 heterocycles. The van der Waals surface area contributed by atoms with E-state index in [1.54, 1.807) is 0 Å². The normalized spacial score (nSPS) is 14.4. The van der Waals surface area contributed by atoms with E-state index in [0.717, 1.165) is 12.0 Å². The Bertz CT molecular complexity index is 179. The molecule has 0 aromatic heterocycles. The van der Waals surface area contributed by atoms with E-state index in [4.69, 9.17) is 0 Å². The first-order valence-electron chi connectivity index (χ1n) is 9.43. The lowest BCUT2D eigenvalue weighted by Crippen LogP contribution is -2.31. The van der Waals surface area contributed by atoms with E-state index in [1.807, 2.05) is 0 Å². The summed E-state index contributed by atoms with van der Waals surface area (Å²) < 4.78 is 0. The second-order valence-electron chi connectivity index (χ2n) is 6.63. The van der Waals surface area contributed by atoms with Crippen molar-refractivity contribution in [3.63, 3.8) is 0 Å². The quantitative estimate of drug-likeness (QED) is 0.347. The number of unbranched alkanes of at least 4 members (excludes halogenated alkanes) is 9. The Morgan fingerprint density at radius 1 is 0.650 bits per heavy atom. The fraction of sp³-hybridized carbons (Fsp3) is 1.00. The topological polar surface area (TPSA) is 12.0 Å². The van der Waals surface area contributed by atoms with E-state index in [1.165, 1.54) is 83.5 Å². The monoisotopic (exact) mass is 283 g/mol. The highest BCUT2D eigenvalue weighted by Gasteiger charge is 2.13. The van der Waals surface area contributed by atoms with E-state index in [2.05, 4.69) is 33.1 Å². The van der Waals surface area contributed by atoms with Crippen LogP contribution in [0.3, 0.4) is 0 Å². The van der Waals surface area contributed by atoms with Crippen LogP contribution in [0.1, 0.15) is 104 Å². The molecule has 2 unspecified atom stereocenters. The van der Waals surface area contributed by atoms with E-state index in [-0.39, 0.29) is 0 Å². The zero-order chi connectivity index (χ0) is 15.1. The maximum Gasteiger partial charge on any atom is 0.00896 e. The predicted octanol–water partition coefficient (Wildman–Crippen LogP) is 6.32. The van der Waals surface area contributed by atoms with E-state index < -0.39 is 0 Å². The molecule has 0 rings (SSSR count). The van der Waals surface area contributed by atoms with Gasteiger partial charge in [0.15, 0.2) is 0 Å². The van der Waals surface area contributed by atoms with Crippen LogP contribution in [0.5, 0.6) is 0 Å². The summed E-state index contributed by atoms with van der Waals surface area (Å²) in [6.45, 7) is 6.99. The van der Waals surface area contributed by atoms with Gasteiger partial charge in [-0.05, 0) is 25.8 Å². The Kier molecular flexibility index (Phi) is 15.3. The fourth-order valence-corrected chi connectivity index (χ4v) is 3.22. The van der Waals surface area contributed by atoms with Crippen molar-refractivity contribution < 1.29 is 0 Å². The molecule has 0 bridgehead atoms. The minimum absolute atomic E-state index is 0.740. The van der Waals surface area contributed by atoms with E-state index in [0.29, 0.717) is 0 Å². The van der Waals surface area contributed by atoms with Gasteiger partial charge >= 0.3 is 0 Å². The van der Waals surface area contributed by atoms with Crippen molar-refractivity contribution in [3.05, 3.63) is 0 Å². The summed E-state index contributed by atoms with van der Waals surface area (Å²) in [5.41, 5.74) is 0. The molecule has 0 amide bonds. The van der Waals surface area contributed by atoms with Crippen molar-refractivity contribution in [3.8, 4) is 0 Å². The van der Waals surface area contributed by atoms with Gasteiger partial charge in [-0.2, -0.15) is 0 Å². The largest absolute Gasteiger partial charge is 0.317 e. The van der Waals surface area contributed by atoms with Crippen LogP contribution in [0.25, 0.3) is 0 Å². The minimum atomic E-state index is 0.740. The fourth-order valence-electron chi connectivity index (χ4n) is 3.22. The van der Waals surface area contributed by atoms with Gasteiger partial charge in [-0.3, -0.25) is 0 Å². The maximum atomic E-state index is 3.52. The van der Waals surface area contributed by atoms with Gasteiger partial charge in [-0.25, -0.2) is 0 Å². The van der Waals surface area contributed by atoms with Crippen LogP contribution in [0.2, 0.25) is 0 Å². The molecule has 0 spiro atoms. The molecule has 1 N–H and O–H groups in total. The second kappa shape index (κ2) is 15.4. The summed E-state index contributed by atoms with van der Waals surface area (Å²) in [7, 11) is 2.13. The molecule has 0 aromatic carbocycles. The smallest absolute Gasteiger partial charge is 0.00896 e. The van der Waals surface area contributed by atoms with Gasteiger partial charge in [0.1, 0.15) is 0 Å². The van der Waals surface area contributed by atoms with Crippen LogP contribution in [-0.4, -0.2) is 13.1 Å². The Balaban J connectivity index is 3.33. The first-order valence-corrected chi connectivity index (χ1v) is 9.43. The molecule has 0 radical (unpaired) electrons. The summed E-state index contributed by atoms with van der Waals surface area (Å²) in [5.74, 6) is 0.837. The van der Waals surface area contributed by atoms with E-state index in [9.17, 15) is 0 Å². The lowest BCUT2D eigenvalue weighted by Gasteiger charge is -2.23. The summed E-state index contributed by atoms with van der Waals surface area (Å²) in [6, 6.07) is 0.740. The van der Waals surface area contributed by atoms with Gasteiger partial charge in [-0.15, -0.1) is 0 Å². The standard InChI is InChI=1S/C19H41N/c1-5-7-8-9-10-11-12-13-14-15-17-19(20-4)18(3)16-6-2/h18-20H,5-17H2,1-4H3. The van der Waals surface area contributed by atoms with Gasteiger partial charge in [0.2, 0.25) is 0 Å². The van der Waals surface area contributed by atoms with Crippen molar-refractivity contribution in [2.24, 2.45) is 5.92 Å². The van der Waals surface area contributed by atoms with Crippen molar-refractivity contribution in [2.45, 2.75) is 110 Å². The summed E-state index contributed by atoms with van der Waals surface area (Å²) in [4.78, 5) is 0. The summed E-state index contributed by atoms with van der Waals surface area (Å²) >= 11 is 0. The Labute approximate surface area is 129 Å². The van der Waals surface area contributed by atoms with Gasteiger partial charge in [0.05, 0.1) is 0 Å². The number of nitrogens with one attached hydrogen (secondary N) is 1. The molecule has 2 atom stereocenters. The average molecular weight is 284 g/mol. The van der Waals surface area contributed by atoms with Gasteiger partial charge < -0.3 is 5.32 Å². The highest BCUT2D eigenvalue weighted by molar-refractivity contribution is 4.71. The lowest BCUT2D eigenvalue weighted by atomic mass is 9.92. The Morgan fingerprint density at radius 3 is 1.60 bits per heavy atom. The SMILES string of the molecule is CCCCCCCCCCCCC(NC)C(C)CCC. The minimum Gasteiger partial charge on any atom is -0.317 e. The molecular formula is C19H41N. The molecule has 0 saturated carbocycles. The molecule has 0 fully saturated rings. The van der Waals surface area contributed by atoms with Crippen LogP contribution in [0.4, 0.5) is 0 Å². The number of hydrogen-bond acceptors (Lipinski definition) is 1. The van der Waals surface area contributed by atoms with Gasteiger partial charge in [0.25, 0.3) is 0 Å². The molecule has 20 heavy (non-hydrogen) atoms. The number of hydrogen-bond donors (Lipinski definition) is 1. The zero-order valence-electron chi connectivity index (χ0n) is 14.8. The van der Waals surface area contributed by atoms with Gasteiger partial charge in [-0.1, -0.05) is 91.4 Å². The molecule has 0 aliphatic rings. The van der Waals surface area contributed by atoms with E-state index >= 15 is 0 Å².